The number of allylic oxidation sites excluding steroid dienone is 1. The van der Waals surface area contributed by atoms with Crippen LogP contribution >= 0.6 is 0 Å². The third kappa shape index (κ3) is 8.13. The number of benzene rings is 2. The zero-order chi connectivity index (χ0) is 30.1. The second-order valence-electron chi connectivity index (χ2n) is 11.4. The number of hydrogen-bond acceptors (Lipinski definition) is 5. The Labute approximate surface area is 250 Å². The molecule has 4 rings (SSSR count). The molecular formula is C35H46N4O3. The molecule has 7 heteroatoms. The van der Waals surface area contributed by atoms with Gasteiger partial charge in [0, 0.05) is 40.7 Å². The number of rotatable bonds is 13. The fraction of sp³-hybridized carbons (Fsp3) is 0.429. The number of carbonyl (C=O) groups is 1. The highest BCUT2D eigenvalue weighted by Gasteiger charge is 2.21. The summed E-state index contributed by atoms with van der Waals surface area (Å²) in [7, 11) is 1.94. The van der Waals surface area contributed by atoms with Crippen LogP contribution in [-0.2, 0) is 6.54 Å². The molecule has 42 heavy (non-hydrogen) atoms. The largest absolute Gasteiger partial charge is 0.494 e. The maximum absolute atomic E-state index is 13.9. The molecule has 0 spiro atoms. The van der Waals surface area contributed by atoms with Gasteiger partial charge >= 0.3 is 0 Å². The summed E-state index contributed by atoms with van der Waals surface area (Å²) in [6.45, 7) is 9.66. The first kappa shape index (κ1) is 31.1. The number of carbonyl (C=O) groups excluding carboxylic acids is 1. The van der Waals surface area contributed by atoms with E-state index in [-0.39, 0.29) is 18.0 Å². The van der Waals surface area contributed by atoms with Crippen molar-refractivity contribution >= 4 is 17.7 Å². The molecule has 3 aromatic rings. The normalized spacial score (nSPS) is 13.8. The van der Waals surface area contributed by atoms with E-state index in [9.17, 15) is 9.59 Å². The highest BCUT2D eigenvalue weighted by atomic mass is 16.5. The summed E-state index contributed by atoms with van der Waals surface area (Å²) in [6, 6.07) is 14.5. The summed E-state index contributed by atoms with van der Waals surface area (Å²) in [4.78, 5) is 29.4. The Morgan fingerprint density at radius 1 is 1.10 bits per heavy atom. The number of aryl methyl sites for hydroxylation is 2. The van der Waals surface area contributed by atoms with Gasteiger partial charge in [-0.3, -0.25) is 9.59 Å². The van der Waals surface area contributed by atoms with Crippen molar-refractivity contribution in [1.29, 1.82) is 0 Å². The van der Waals surface area contributed by atoms with E-state index in [1.807, 2.05) is 51.2 Å². The van der Waals surface area contributed by atoms with Gasteiger partial charge in [-0.1, -0.05) is 43.5 Å². The van der Waals surface area contributed by atoms with E-state index in [2.05, 4.69) is 53.0 Å². The molecule has 2 aromatic carbocycles. The van der Waals surface area contributed by atoms with Gasteiger partial charge in [-0.2, -0.15) is 0 Å². The van der Waals surface area contributed by atoms with Gasteiger partial charge in [0.15, 0.2) is 0 Å². The molecule has 0 saturated heterocycles. The van der Waals surface area contributed by atoms with Gasteiger partial charge in [0.1, 0.15) is 5.75 Å². The lowest BCUT2D eigenvalue weighted by Crippen LogP contribution is -2.28. The molecule has 224 valence electrons. The van der Waals surface area contributed by atoms with Gasteiger partial charge in [-0.15, -0.1) is 0 Å². The predicted octanol–water partition coefficient (Wildman–Crippen LogP) is 6.74. The quantitative estimate of drug-likeness (QED) is 0.171. The summed E-state index contributed by atoms with van der Waals surface area (Å²) in [5.74, 6) is 0.597. The minimum absolute atomic E-state index is 0.155. The van der Waals surface area contributed by atoms with Crippen LogP contribution in [-0.4, -0.2) is 37.1 Å². The van der Waals surface area contributed by atoms with Crippen LogP contribution in [0, 0.1) is 13.8 Å². The summed E-state index contributed by atoms with van der Waals surface area (Å²) < 4.78 is 6.02. The van der Waals surface area contributed by atoms with E-state index in [0.29, 0.717) is 23.8 Å². The van der Waals surface area contributed by atoms with Gasteiger partial charge in [0.25, 0.3) is 11.5 Å². The number of aromatic amines is 1. The highest BCUT2D eigenvalue weighted by molar-refractivity contribution is 6.02. The van der Waals surface area contributed by atoms with Crippen molar-refractivity contribution in [2.45, 2.75) is 78.8 Å². The number of anilines is 1. The molecule has 1 amide bonds. The van der Waals surface area contributed by atoms with Crippen LogP contribution in [0.3, 0.4) is 0 Å². The van der Waals surface area contributed by atoms with Crippen LogP contribution in [0.1, 0.15) is 85.1 Å². The molecule has 1 aromatic heterocycles. The highest BCUT2D eigenvalue weighted by Crippen LogP contribution is 2.34. The van der Waals surface area contributed by atoms with E-state index in [1.165, 1.54) is 18.4 Å². The third-order valence-electron chi connectivity index (χ3n) is 8.01. The van der Waals surface area contributed by atoms with Crippen molar-refractivity contribution in [3.05, 3.63) is 86.3 Å². The van der Waals surface area contributed by atoms with E-state index in [1.54, 1.807) is 0 Å². The molecule has 0 atom stereocenters. The van der Waals surface area contributed by atoms with Crippen molar-refractivity contribution in [1.82, 2.24) is 15.6 Å². The lowest BCUT2D eigenvalue weighted by atomic mass is 9.94. The number of nitrogens with one attached hydrogen (secondary N) is 4. The molecule has 0 aliphatic heterocycles. The number of ether oxygens (including phenoxy) is 1. The van der Waals surface area contributed by atoms with Gasteiger partial charge in [-0.25, -0.2) is 0 Å². The fourth-order valence-corrected chi connectivity index (χ4v) is 5.49. The summed E-state index contributed by atoms with van der Waals surface area (Å²) in [5, 5.41) is 9.99. The number of pyridine rings is 1. The molecule has 1 aliphatic rings. The Morgan fingerprint density at radius 3 is 2.60 bits per heavy atom. The van der Waals surface area contributed by atoms with E-state index in [4.69, 9.17) is 4.74 Å². The first-order chi connectivity index (χ1) is 20.3. The summed E-state index contributed by atoms with van der Waals surface area (Å²) >= 11 is 0. The standard InChI is InChI=1S/C35H46N4O3/c1-6-23(2)17-30-31(34(40)37-22-32-24(3)18-25(4)38-35(32)41)20-27(21-33(30)39-28-12-7-8-13-28)26-11-9-14-29(19-26)42-16-10-15-36-5/h9,11,14,17-21,28,36,39H,6-8,10,12-13,15-16,22H2,1-5H3,(H,37,40)(H,38,41). The zero-order valence-electron chi connectivity index (χ0n) is 25.8. The average Bonchev–Trinajstić information content (AvgIpc) is 3.48. The van der Waals surface area contributed by atoms with Crippen LogP contribution in [0.4, 0.5) is 5.69 Å². The number of H-pyrrole nitrogens is 1. The SMILES string of the molecule is CCC(C)=Cc1c(NC2CCCC2)cc(-c2cccc(OCCCNC)c2)cc1C(=O)NCc1c(C)cc(C)[nH]c1=O. The molecule has 7 nitrogen and oxygen atoms in total. The predicted molar refractivity (Wildman–Crippen MR) is 173 cm³/mol. The van der Waals surface area contributed by atoms with Crippen LogP contribution in [0.2, 0.25) is 0 Å². The Morgan fingerprint density at radius 2 is 1.88 bits per heavy atom. The monoisotopic (exact) mass is 570 g/mol. The van der Waals surface area contributed by atoms with Gasteiger partial charge in [0.05, 0.1) is 6.61 Å². The molecule has 1 heterocycles. The first-order valence-corrected chi connectivity index (χ1v) is 15.3. The van der Waals surface area contributed by atoms with Crippen molar-refractivity contribution < 1.29 is 9.53 Å². The van der Waals surface area contributed by atoms with Crippen molar-refractivity contribution in [2.24, 2.45) is 0 Å². The minimum atomic E-state index is -0.208. The van der Waals surface area contributed by atoms with E-state index >= 15 is 0 Å². The maximum atomic E-state index is 13.9. The number of hydrogen-bond donors (Lipinski definition) is 4. The molecule has 1 fully saturated rings. The smallest absolute Gasteiger partial charge is 0.253 e. The zero-order valence-corrected chi connectivity index (χ0v) is 25.8. The number of amides is 1. The lowest BCUT2D eigenvalue weighted by Gasteiger charge is -2.21. The summed E-state index contributed by atoms with van der Waals surface area (Å²) in [5.41, 5.74) is 7.61. The molecule has 0 bridgehead atoms. The molecular weight excluding hydrogens is 524 g/mol. The van der Waals surface area contributed by atoms with Gasteiger partial charge in [-0.05, 0) is 107 Å². The summed E-state index contributed by atoms with van der Waals surface area (Å²) in [6.07, 6.45) is 8.59. The average molecular weight is 571 g/mol. The molecule has 1 aliphatic carbocycles. The Kier molecular flexibility index (Phi) is 11.0. The van der Waals surface area contributed by atoms with Crippen LogP contribution in [0.25, 0.3) is 17.2 Å². The molecule has 4 N–H and O–H groups in total. The number of aromatic nitrogens is 1. The third-order valence-corrected chi connectivity index (χ3v) is 8.01. The molecule has 1 saturated carbocycles. The van der Waals surface area contributed by atoms with E-state index < -0.39 is 0 Å². The minimum Gasteiger partial charge on any atom is -0.494 e. The van der Waals surface area contributed by atoms with Crippen molar-refractivity contribution in [3.63, 3.8) is 0 Å². The van der Waals surface area contributed by atoms with Gasteiger partial charge < -0.3 is 25.7 Å². The van der Waals surface area contributed by atoms with Gasteiger partial charge in [0.2, 0.25) is 0 Å². The van der Waals surface area contributed by atoms with E-state index in [0.717, 1.165) is 71.6 Å². The van der Waals surface area contributed by atoms with Crippen molar-refractivity contribution in [3.8, 4) is 16.9 Å². The maximum Gasteiger partial charge on any atom is 0.253 e. The molecule has 0 unspecified atom stereocenters. The van der Waals surface area contributed by atoms with Crippen LogP contribution in [0.15, 0.2) is 52.8 Å². The lowest BCUT2D eigenvalue weighted by molar-refractivity contribution is 0.0950. The van der Waals surface area contributed by atoms with Crippen LogP contribution < -0.4 is 26.2 Å². The second-order valence-corrected chi connectivity index (χ2v) is 11.4. The fourth-order valence-electron chi connectivity index (χ4n) is 5.49. The topological polar surface area (TPSA) is 95.2 Å². The van der Waals surface area contributed by atoms with Crippen LogP contribution in [0.5, 0.6) is 5.75 Å². The second kappa shape index (κ2) is 14.9. The Hall–Kier alpha value is -3.84. The first-order valence-electron chi connectivity index (χ1n) is 15.3. The Balaban J connectivity index is 1.75. The Bertz CT molecular complexity index is 1470. The molecule has 0 radical (unpaired) electrons. The van der Waals surface area contributed by atoms with Crippen molar-refractivity contribution in [2.75, 3.05) is 25.5 Å².